The number of aromatic nitrogens is 2. The molecule has 1 aromatic heterocycles. The number of nitrogens with two attached hydrogens (primary N) is 1. The molecule has 0 saturated heterocycles. The molecule has 0 fully saturated rings. The van der Waals surface area contributed by atoms with E-state index < -0.39 is 0 Å². The van der Waals surface area contributed by atoms with Crippen LogP contribution < -0.4 is 11.1 Å². The number of rotatable bonds is 2. The molecule has 6 heteroatoms. The lowest BCUT2D eigenvalue weighted by Crippen LogP contribution is -2.13. The molecule has 17 heavy (non-hydrogen) atoms. The molecule has 1 aliphatic rings. The summed E-state index contributed by atoms with van der Waals surface area (Å²) in [5, 5.41) is 6.43. The molecule has 1 aliphatic heterocycles. The molecule has 0 aliphatic carbocycles. The van der Waals surface area contributed by atoms with Gasteiger partial charge in [0.1, 0.15) is 5.03 Å². The molecule has 1 aromatic rings. The smallest absolute Gasteiger partial charge is 0.222 e. The van der Waals surface area contributed by atoms with E-state index in [9.17, 15) is 0 Å². The summed E-state index contributed by atoms with van der Waals surface area (Å²) in [4.78, 5) is 8.08. The molecule has 0 spiro atoms. The van der Waals surface area contributed by atoms with Crippen LogP contribution in [0.15, 0.2) is 22.3 Å². The third-order valence-electron chi connectivity index (χ3n) is 2.42. The first-order valence-electron chi connectivity index (χ1n) is 5.23. The van der Waals surface area contributed by atoms with E-state index in [4.69, 9.17) is 17.3 Å². The maximum atomic E-state index is 6.10. The molecule has 0 unspecified atom stereocenters. The standard InChI is InChI=1S/C11H13ClN4S/c1-3-7-5-17-10(15-7)8(13)9-6(2)4-14-11(12)16-9/h4-5,15H,3,13H2,1-2H3/b10-8+. The van der Waals surface area contributed by atoms with Crippen LogP contribution in [0.3, 0.4) is 0 Å². The van der Waals surface area contributed by atoms with Crippen LogP contribution >= 0.6 is 23.4 Å². The van der Waals surface area contributed by atoms with Crippen molar-refractivity contribution in [1.82, 2.24) is 15.3 Å². The summed E-state index contributed by atoms with van der Waals surface area (Å²) in [5.74, 6) is 0. The normalized spacial score (nSPS) is 17.7. The van der Waals surface area contributed by atoms with Gasteiger partial charge in [-0.25, -0.2) is 9.97 Å². The Kier molecular flexibility index (Phi) is 3.59. The van der Waals surface area contributed by atoms with Crippen molar-refractivity contribution in [2.75, 3.05) is 0 Å². The van der Waals surface area contributed by atoms with Gasteiger partial charge < -0.3 is 11.1 Å². The van der Waals surface area contributed by atoms with Crippen LogP contribution in [0, 0.1) is 6.92 Å². The number of halogens is 1. The van der Waals surface area contributed by atoms with E-state index in [1.54, 1.807) is 18.0 Å². The summed E-state index contributed by atoms with van der Waals surface area (Å²) in [5.41, 5.74) is 9.46. The van der Waals surface area contributed by atoms with E-state index in [-0.39, 0.29) is 5.28 Å². The number of aryl methyl sites for hydroxylation is 1. The molecule has 0 amide bonds. The maximum Gasteiger partial charge on any atom is 0.222 e. The third-order valence-corrected chi connectivity index (χ3v) is 3.56. The zero-order valence-corrected chi connectivity index (χ0v) is 11.2. The first kappa shape index (κ1) is 12.3. The van der Waals surface area contributed by atoms with Crippen molar-refractivity contribution in [3.63, 3.8) is 0 Å². The molecule has 0 aromatic carbocycles. The first-order chi connectivity index (χ1) is 8.11. The van der Waals surface area contributed by atoms with Gasteiger partial charge >= 0.3 is 0 Å². The fraction of sp³-hybridized carbons (Fsp3) is 0.273. The number of nitrogens with one attached hydrogen (secondary N) is 1. The SMILES string of the molecule is CCC1=CS/C(=C(/N)c2nc(Cl)ncc2C)N1. The second kappa shape index (κ2) is 4.98. The van der Waals surface area contributed by atoms with E-state index in [1.165, 1.54) is 0 Å². The Labute approximate surface area is 109 Å². The van der Waals surface area contributed by atoms with Gasteiger partial charge in [-0.2, -0.15) is 0 Å². The lowest BCUT2D eigenvalue weighted by Gasteiger charge is -2.09. The van der Waals surface area contributed by atoms with Gasteiger partial charge in [0.15, 0.2) is 0 Å². The Hall–Kier alpha value is -1.20. The average molecular weight is 269 g/mol. The van der Waals surface area contributed by atoms with Crippen molar-refractivity contribution in [3.8, 4) is 0 Å². The van der Waals surface area contributed by atoms with Crippen molar-refractivity contribution < 1.29 is 0 Å². The van der Waals surface area contributed by atoms with Gasteiger partial charge in [-0.3, -0.25) is 0 Å². The largest absolute Gasteiger partial charge is 0.395 e. The van der Waals surface area contributed by atoms with Gasteiger partial charge in [0, 0.05) is 11.9 Å². The number of nitrogens with zero attached hydrogens (tertiary/aromatic N) is 2. The van der Waals surface area contributed by atoms with E-state index in [0.717, 1.165) is 22.7 Å². The van der Waals surface area contributed by atoms with Crippen molar-refractivity contribution in [3.05, 3.63) is 38.9 Å². The van der Waals surface area contributed by atoms with Crippen molar-refractivity contribution in [1.29, 1.82) is 0 Å². The lowest BCUT2D eigenvalue weighted by molar-refractivity contribution is 0.947. The maximum absolute atomic E-state index is 6.10. The number of allylic oxidation sites excluding steroid dienone is 1. The highest BCUT2D eigenvalue weighted by molar-refractivity contribution is 8.06. The highest BCUT2D eigenvalue weighted by Gasteiger charge is 2.15. The van der Waals surface area contributed by atoms with Gasteiger partial charge in [0.2, 0.25) is 5.28 Å². The molecular weight excluding hydrogens is 256 g/mol. The van der Waals surface area contributed by atoms with Gasteiger partial charge in [-0.05, 0) is 35.9 Å². The Morgan fingerprint density at radius 1 is 1.59 bits per heavy atom. The van der Waals surface area contributed by atoms with Crippen molar-refractivity contribution in [2.45, 2.75) is 20.3 Å². The second-order valence-electron chi connectivity index (χ2n) is 3.65. The predicted molar refractivity (Wildman–Crippen MR) is 72.0 cm³/mol. The molecule has 4 nitrogen and oxygen atoms in total. The predicted octanol–water partition coefficient (Wildman–Crippen LogP) is 2.61. The highest BCUT2D eigenvalue weighted by Crippen LogP contribution is 2.30. The highest BCUT2D eigenvalue weighted by atomic mass is 35.5. The molecule has 90 valence electrons. The number of hydrogen-bond donors (Lipinski definition) is 2. The van der Waals surface area contributed by atoms with E-state index in [1.807, 2.05) is 6.92 Å². The van der Waals surface area contributed by atoms with Gasteiger partial charge in [-0.1, -0.05) is 18.7 Å². The summed E-state index contributed by atoms with van der Waals surface area (Å²) < 4.78 is 0. The average Bonchev–Trinajstić information content (AvgIpc) is 2.80. The molecule has 3 N–H and O–H groups in total. The van der Waals surface area contributed by atoms with Crippen molar-refractivity contribution in [2.24, 2.45) is 5.73 Å². The fourth-order valence-corrected chi connectivity index (χ4v) is 2.47. The van der Waals surface area contributed by atoms with Crippen LogP contribution in [0.2, 0.25) is 5.28 Å². The summed E-state index contributed by atoms with van der Waals surface area (Å²) in [6, 6.07) is 0. The Balaban J connectivity index is 2.35. The minimum atomic E-state index is 0.209. The molecule has 2 heterocycles. The van der Waals surface area contributed by atoms with E-state index in [0.29, 0.717) is 11.4 Å². The molecule has 0 radical (unpaired) electrons. The molecular formula is C11H13ClN4S. The van der Waals surface area contributed by atoms with Crippen molar-refractivity contribution >= 4 is 29.1 Å². The van der Waals surface area contributed by atoms with Gasteiger partial charge in [0.25, 0.3) is 0 Å². The second-order valence-corrected chi connectivity index (χ2v) is 4.87. The van der Waals surface area contributed by atoms with Crippen LogP contribution in [0.1, 0.15) is 24.6 Å². The van der Waals surface area contributed by atoms with Crippen LogP contribution in [0.5, 0.6) is 0 Å². The monoisotopic (exact) mass is 268 g/mol. The van der Waals surface area contributed by atoms with Crippen LogP contribution in [-0.4, -0.2) is 9.97 Å². The third kappa shape index (κ3) is 2.56. The molecule has 0 bridgehead atoms. The summed E-state index contributed by atoms with van der Waals surface area (Å²) in [6.45, 7) is 4.00. The van der Waals surface area contributed by atoms with Gasteiger partial charge in [0.05, 0.1) is 11.4 Å². The fourth-order valence-electron chi connectivity index (χ4n) is 1.44. The number of hydrogen-bond acceptors (Lipinski definition) is 5. The summed E-state index contributed by atoms with van der Waals surface area (Å²) >= 11 is 7.35. The first-order valence-corrected chi connectivity index (χ1v) is 6.49. The zero-order chi connectivity index (χ0) is 12.4. The van der Waals surface area contributed by atoms with Crippen LogP contribution in [0.4, 0.5) is 0 Å². The quantitative estimate of drug-likeness (QED) is 0.808. The Morgan fingerprint density at radius 2 is 2.35 bits per heavy atom. The number of thioether (sulfide) groups is 1. The molecule has 0 saturated carbocycles. The minimum absolute atomic E-state index is 0.209. The summed E-state index contributed by atoms with van der Waals surface area (Å²) in [6.07, 6.45) is 2.62. The topological polar surface area (TPSA) is 63.8 Å². The van der Waals surface area contributed by atoms with Crippen LogP contribution in [0.25, 0.3) is 5.70 Å². The zero-order valence-electron chi connectivity index (χ0n) is 9.62. The van der Waals surface area contributed by atoms with E-state index >= 15 is 0 Å². The minimum Gasteiger partial charge on any atom is -0.395 e. The molecule has 2 rings (SSSR count). The van der Waals surface area contributed by atoms with Gasteiger partial charge in [-0.15, -0.1) is 0 Å². The molecule has 0 atom stereocenters. The summed E-state index contributed by atoms with van der Waals surface area (Å²) in [7, 11) is 0. The van der Waals surface area contributed by atoms with E-state index in [2.05, 4.69) is 27.6 Å². The van der Waals surface area contributed by atoms with Crippen LogP contribution in [-0.2, 0) is 0 Å². The lowest BCUT2D eigenvalue weighted by atomic mass is 10.2. The Morgan fingerprint density at radius 3 is 3.00 bits per heavy atom. The Bertz CT molecular complexity index is 510.